The molecule has 0 heterocycles. The average Bonchev–Trinajstić information content (AvgIpc) is 2.90. The van der Waals surface area contributed by atoms with Gasteiger partial charge in [-0.3, -0.25) is 13.9 Å². The Balaban J connectivity index is 2.06. The van der Waals surface area contributed by atoms with Crippen LogP contribution in [0.1, 0.15) is 37.5 Å². The molecule has 0 saturated heterocycles. The maximum Gasteiger partial charge on any atom is 0.264 e. The van der Waals surface area contributed by atoms with Crippen LogP contribution in [0.4, 0.5) is 5.69 Å². The normalized spacial score (nSPS) is 12.2. The molecule has 0 bridgehead atoms. The summed E-state index contributed by atoms with van der Waals surface area (Å²) in [5.74, 6) is -0.698. The third-order valence-corrected chi connectivity index (χ3v) is 8.80. The third kappa shape index (κ3) is 7.77. The zero-order chi connectivity index (χ0) is 29.6. The van der Waals surface area contributed by atoms with Crippen LogP contribution in [-0.2, 0) is 26.2 Å². The lowest BCUT2D eigenvalue weighted by Crippen LogP contribution is -2.51. The monoisotopic (exact) mass is 603 g/mol. The van der Waals surface area contributed by atoms with Crippen LogP contribution in [0.2, 0.25) is 10.0 Å². The molecule has 1 N–H and O–H groups in total. The number of carbonyl (C=O) groups is 2. The SMILES string of the molecule is Cc1ccc(N(CC(=O)N(Cc2ccc(Cl)cc2Cl)C(C)C(=O)NCC(C)C)S(=O)(=O)c2ccccc2)c(C)c1. The van der Waals surface area contributed by atoms with Crippen molar-refractivity contribution in [2.75, 3.05) is 17.4 Å². The van der Waals surface area contributed by atoms with Crippen LogP contribution in [-0.4, -0.2) is 44.3 Å². The molecule has 0 aliphatic heterocycles. The molecule has 2 amide bonds. The van der Waals surface area contributed by atoms with Gasteiger partial charge in [0.25, 0.3) is 10.0 Å². The number of sulfonamides is 1. The molecule has 0 aliphatic carbocycles. The van der Waals surface area contributed by atoms with Gasteiger partial charge >= 0.3 is 0 Å². The van der Waals surface area contributed by atoms with E-state index in [-0.39, 0.29) is 23.3 Å². The first-order valence-corrected chi connectivity index (χ1v) is 15.2. The molecule has 10 heteroatoms. The van der Waals surface area contributed by atoms with Crippen LogP contribution in [0, 0.1) is 19.8 Å². The minimum atomic E-state index is -4.13. The third-order valence-electron chi connectivity index (χ3n) is 6.44. The highest BCUT2D eigenvalue weighted by molar-refractivity contribution is 7.92. The average molecular weight is 605 g/mol. The van der Waals surface area contributed by atoms with Gasteiger partial charge in [0.15, 0.2) is 0 Å². The van der Waals surface area contributed by atoms with Gasteiger partial charge in [0.05, 0.1) is 10.6 Å². The molecule has 0 saturated carbocycles. The lowest BCUT2D eigenvalue weighted by Gasteiger charge is -2.32. The molecule has 214 valence electrons. The Bertz CT molecular complexity index is 1460. The summed E-state index contributed by atoms with van der Waals surface area (Å²) in [7, 11) is -4.13. The molecule has 40 heavy (non-hydrogen) atoms. The van der Waals surface area contributed by atoms with Crippen LogP contribution in [0.15, 0.2) is 71.6 Å². The molecule has 0 fully saturated rings. The maximum atomic E-state index is 14.0. The fourth-order valence-electron chi connectivity index (χ4n) is 4.19. The van der Waals surface area contributed by atoms with Crippen molar-refractivity contribution in [1.82, 2.24) is 10.2 Å². The zero-order valence-corrected chi connectivity index (χ0v) is 25.6. The number of aryl methyl sites for hydroxylation is 2. The molecule has 3 aromatic rings. The quantitative estimate of drug-likeness (QED) is 0.291. The number of rotatable bonds is 11. The molecule has 1 atom stereocenters. The number of halogens is 2. The maximum absolute atomic E-state index is 14.0. The molecular weight excluding hydrogens is 569 g/mol. The molecule has 0 aromatic heterocycles. The first-order valence-electron chi connectivity index (χ1n) is 13.0. The van der Waals surface area contributed by atoms with E-state index >= 15 is 0 Å². The van der Waals surface area contributed by atoms with Crippen LogP contribution < -0.4 is 9.62 Å². The molecule has 0 radical (unpaired) electrons. The van der Waals surface area contributed by atoms with E-state index in [9.17, 15) is 18.0 Å². The van der Waals surface area contributed by atoms with Gasteiger partial charge in [-0.25, -0.2) is 8.42 Å². The number of hydrogen-bond acceptors (Lipinski definition) is 4. The summed E-state index contributed by atoms with van der Waals surface area (Å²) in [6, 6.07) is 17.3. The molecule has 3 rings (SSSR count). The first kappa shape index (κ1) is 31.5. The van der Waals surface area contributed by atoms with Crippen molar-refractivity contribution in [3.63, 3.8) is 0 Å². The Morgan fingerprint density at radius 3 is 2.20 bits per heavy atom. The van der Waals surface area contributed by atoms with E-state index < -0.39 is 28.5 Å². The Labute approximate surface area is 247 Å². The van der Waals surface area contributed by atoms with Crippen molar-refractivity contribution in [2.24, 2.45) is 5.92 Å². The van der Waals surface area contributed by atoms with Gasteiger partial charge in [0.2, 0.25) is 11.8 Å². The second kappa shape index (κ2) is 13.5. The van der Waals surface area contributed by atoms with Gasteiger partial charge in [-0.05, 0) is 68.1 Å². The fraction of sp³-hybridized carbons (Fsp3) is 0.333. The largest absolute Gasteiger partial charge is 0.354 e. The highest BCUT2D eigenvalue weighted by Crippen LogP contribution is 2.29. The topological polar surface area (TPSA) is 86.8 Å². The van der Waals surface area contributed by atoms with Gasteiger partial charge in [-0.15, -0.1) is 0 Å². The molecule has 0 aliphatic rings. The second-order valence-corrected chi connectivity index (χ2v) is 12.9. The number of amides is 2. The molecular formula is C30H35Cl2N3O4S. The number of nitrogens with one attached hydrogen (secondary N) is 1. The van der Waals surface area contributed by atoms with Crippen LogP contribution in [0.3, 0.4) is 0 Å². The summed E-state index contributed by atoms with van der Waals surface area (Å²) in [4.78, 5) is 28.5. The van der Waals surface area contributed by atoms with Crippen LogP contribution in [0.5, 0.6) is 0 Å². The molecule has 3 aromatic carbocycles. The second-order valence-electron chi connectivity index (χ2n) is 10.2. The van der Waals surface area contributed by atoms with Gasteiger partial charge in [0, 0.05) is 23.1 Å². The highest BCUT2D eigenvalue weighted by atomic mass is 35.5. The predicted octanol–water partition coefficient (Wildman–Crippen LogP) is 6.00. The van der Waals surface area contributed by atoms with Gasteiger partial charge in [-0.1, -0.05) is 79.0 Å². The van der Waals surface area contributed by atoms with Crippen LogP contribution >= 0.6 is 23.2 Å². The van der Waals surface area contributed by atoms with E-state index in [2.05, 4.69) is 5.32 Å². The van der Waals surface area contributed by atoms with Gasteiger partial charge in [0.1, 0.15) is 12.6 Å². The van der Waals surface area contributed by atoms with E-state index in [1.54, 1.807) is 62.4 Å². The summed E-state index contributed by atoms with van der Waals surface area (Å²) in [5, 5.41) is 3.64. The lowest BCUT2D eigenvalue weighted by atomic mass is 10.1. The predicted molar refractivity (Wildman–Crippen MR) is 161 cm³/mol. The lowest BCUT2D eigenvalue weighted by molar-refractivity contribution is -0.139. The Morgan fingerprint density at radius 1 is 0.925 bits per heavy atom. The van der Waals surface area contributed by atoms with E-state index in [1.807, 2.05) is 26.8 Å². The molecule has 1 unspecified atom stereocenters. The summed E-state index contributed by atoms with van der Waals surface area (Å²) >= 11 is 12.5. The van der Waals surface area contributed by atoms with Crippen molar-refractivity contribution in [2.45, 2.75) is 52.1 Å². The Hall–Kier alpha value is -3.07. The molecule has 0 spiro atoms. The van der Waals surface area contributed by atoms with Crippen LogP contribution in [0.25, 0.3) is 0 Å². The van der Waals surface area contributed by atoms with Crippen molar-refractivity contribution in [3.8, 4) is 0 Å². The fourth-order valence-corrected chi connectivity index (χ4v) is 6.15. The number of carbonyl (C=O) groups excluding carboxylic acids is 2. The number of anilines is 1. The number of hydrogen-bond donors (Lipinski definition) is 1. The number of nitrogens with zero attached hydrogens (tertiary/aromatic N) is 2. The van der Waals surface area contributed by atoms with E-state index in [0.717, 1.165) is 9.87 Å². The summed E-state index contributed by atoms with van der Waals surface area (Å²) < 4.78 is 28.9. The van der Waals surface area contributed by atoms with Gasteiger partial charge in [-0.2, -0.15) is 0 Å². The van der Waals surface area contributed by atoms with E-state index in [1.165, 1.54) is 17.0 Å². The highest BCUT2D eigenvalue weighted by Gasteiger charge is 2.33. The summed E-state index contributed by atoms with van der Waals surface area (Å²) in [5.41, 5.74) is 2.61. The first-order chi connectivity index (χ1) is 18.8. The minimum Gasteiger partial charge on any atom is -0.354 e. The summed E-state index contributed by atoms with van der Waals surface area (Å²) in [6.45, 7) is 9.16. The Morgan fingerprint density at radius 2 is 1.60 bits per heavy atom. The minimum absolute atomic E-state index is 0.0167. The summed E-state index contributed by atoms with van der Waals surface area (Å²) in [6.07, 6.45) is 0. The van der Waals surface area contributed by atoms with Crippen molar-refractivity contribution < 1.29 is 18.0 Å². The molecule has 7 nitrogen and oxygen atoms in total. The standard InChI is InChI=1S/C30H35Cl2N3O4S/c1-20(2)17-33-30(37)23(5)34(18-24-12-13-25(31)16-27(24)32)29(36)19-35(28-14-11-21(3)15-22(28)4)40(38,39)26-9-7-6-8-10-26/h6-16,20,23H,17-19H2,1-5H3,(H,33,37). The Kier molecular flexibility index (Phi) is 10.6. The van der Waals surface area contributed by atoms with Crippen molar-refractivity contribution >= 4 is 50.7 Å². The van der Waals surface area contributed by atoms with Gasteiger partial charge < -0.3 is 10.2 Å². The van der Waals surface area contributed by atoms with Crippen molar-refractivity contribution in [3.05, 3.63) is 93.5 Å². The smallest absolute Gasteiger partial charge is 0.264 e. The zero-order valence-electron chi connectivity index (χ0n) is 23.3. The van der Waals surface area contributed by atoms with Crippen molar-refractivity contribution in [1.29, 1.82) is 0 Å². The number of benzene rings is 3. The van der Waals surface area contributed by atoms with E-state index in [0.29, 0.717) is 33.4 Å². The van der Waals surface area contributed by atoms with E-state index in [4.69, 9.17) is 23.2 Å².